The van der Waals surface area contributed by atoms with E-state index in [1.54, 1.807) is 18.4 Å². The predicted molar refractivity (Wildman–Crippen MR) is 88.7 cm³/mol. The van der Waals surface area contributed by atoms with Crippen LogP contribution in [0.25, 0.3) is 0 Å². The minimum absolute atomic E-state index is 0.0823. The molecule has 0 spiro atoms. The molecule has 0 radical (unpaired) electrons. The van der Waals surface area contributed by atoms with Crippen LogP contribution in [-0.4, -0.2) is 18.1 Å². The zero-order chi connectivity index (χ0) is 15.5. The number of hydrogen-bond acceptors (Lipinski definition) is 4. The van der Waals surface area contributed by atoms with Gasteiger partial charge in [-0.2, -0.15) is 0 Å². The number of ether oxygens (including phenoxy) is 1. The van der Waals surface area contributed by atoms with Crippen LogP contribution in [0.4, 0.5) is 0 Å². The van der Waals surface area contributed by atoms with Crippen molar-refractivity contribution >= 4 is 11.3 Å². The van der Waals surface area contributed by atoms with E-state index >= 15 is 0 Å². The topological polar surface area (TPSA) is 48.1 Å². The smallest absolute Gasteiger partial charge is 0.0976 e. The van der Waals surface area contributed by atoms with Gasteiger partial charge in [0.2, 0.25) is 0 Å². The molecule has 1 aromatic carbocycles. The molecular formula is C17H24N2OS. The normalized spacial score (nSPS) is 14.9. The van der Waals surface area contributed by atoms with E-state index in [0.29, 0.717) is 0 Å². The van der Waals surface area contributed by atoms with Crippen LogP contribution in [0.15, 0.2) is 35.7 Å². The zero-order valence-electron chi connectivity index (χ0n) is 13.2. The first-order chi connectivity index (χ1) is 9.91. The zero-order valence-corrected chi connectivity index (χ0v) is 14.0. The van der Waals surface area contributed by atoms with Gasteiger partial charge in [-0.15, -0.1) is 11.3 Å². The number of aromatic nitrogens is 1. The van der Waals surface area contributed by atoms with E-state index in [1.165, 1.54) is 0 Å². The van der Waals surface area contributed by atoms with Crippen molar-refractivity contribution in [2.45, 2.75) is 44.8 Å². The highest BCUT2D eigenvalue weighted by Gasteiger charge is 2.22. The molecule has 2 rings (SSSR count). The summed E-state index contributed by atoms with van der Waals surface area (Å²) in [7, 11) is 1.71. The molecular weight excluding hydrogens is 280 g/mol. The van der Waals surface area contributed by atoms with Crippen LogP contribution >= 0.6 is 11.3 Å². The van der Waals surface area contributed by atoms with Gasteiger partial charge in [-0.3, -0.25) is 0 Å². The highest BCUT2D eigenvalue weighted by molar-refractivity contribution is 7.09. The second kappa shape index (κ2) is 6.69. The molecule has 1 aromatic heterocycles. The molecule has 0 fully saturated rings. The van der Waals surface area contributed by atoms with Crippen LogP contribution in [0, 0.1) is 0 Å². The fourth-order valence-electron chi connectivity index (χ4n) is 2.26. The van der Waals surface area contributed by atoms with E-state index in [-0.39, 0.29) is 17.6 Å². The van der Waals surface area contributed by atoms with Crippen LogP contribution in [0.5, 0.6) is 0 Å². The molecule has 3 nitrogen and oxygen atoms in total. The van der Waals surface area contributed by atoms with Crippen molar-refractivity contribution in [3.8, 4) is 0 Å². The van der Waals surface area contributed by atoms with E-state index in [2.05, 4.69) is 38.3 Å². The Morgan fingerprint density at radius 3 is 2.43 bits per heavy atom. The second-order valence-corrected chi connectivity index (χ2v) is 7.25. The maximum absolute atomic E-state index is 6.35. The van der Waals surface area contributed by atoms with Gasteiger partial charge >= 0.3 is 0 Å². The lowest BCUT2D eigenvalue weighted by Gasteiger charge is -2.22. The van der Waals surface area contributed by atoms with Crippen molar-refractivity contribution in [3.63, 3.8) is 0 Å². The molecule has 2 atom stereocenters. The summed E-state index contributed by atoms with van der Waals surface area (Å²) < 4.78 is 5.60. The van der Waals surface area contributed by atoms with Crippen LogP contribution in [0.3, 0.4) is 0 Å². The number of benzene rings is 1. The summed E-state index contributed by atoms with van der Waals surface area (Å²) in [5, 5.41) is 3.21. The van der Waals surface area contributed by atoms with Gasteiger partial charge < -0.3 is 10.5 Å². The predicted octanol–water partition coefficient (Wildman–Crippen LogP) is 3.70. The van der Waals surface area contributed by atoms with Gasteiger partial charge in [0.1, 0.15) is 0 Å². The minimum atomic E-state index is -0.104. The Labute approximate surface area is 131 Å². The number of rotatable bonds is 5. The van der Waals surface area contributed by atoms with Gasteiger partial charge in [0.15, 0.2) is 0 Å². The number of hydrogen-bond donors (Lipinski definition) is 1. The fourth-order valence-corrected chi connectivity index (χ4v) is 3.35. The summed E-state index contributed by atoms with van der Waals surface area (Å²) in [4.78, 5) is 4.71. The first kappa shape index (κ1) is 16.1. The van der Waals surface area contributed by atoms with Crippen LogP contribution in [-0.2, 0) is 16.6 Å². The molecule has 0 aliphatic rings. The molecule has 0 bridgehead atoms. The van der Waals surface area contributed by atoms with Gasteiger partial charge in [0.25, 0.3) is 0 Å². The summed E-state index contributed by atoms with van der Waals surface area (Å²) in [5.74, 6) is 0. The van der Waals surface area contributed by atoms with E-state index in [4.69, 9.17) is 15.5 Å². The summed E-state index contributed by atoms with van der Waals surface area (Å²) in [6.07, 6.45) is 0.627. The largest absolute Gasteiger partial charge is 0.375 e. The molecule has 0 amide bonds. The number of nitrogens with two attached hydrogens (primary N) is 1. The maximum atomic E-state index is 6.35. The Hall–Kier alpha value is -1.23. The average molecular weight is 304 g/mol. The lowest BCUT2D eigenvalue weighted by Crippen LogP contribution is -2.32. The molecule has 0 aliphatic heterocycles. The molecule has 21 heavy (non-hydrogen) atoms. The Morgan fingerprint density at radius 2 is 1.90 bits per heavy atom. The molecule has 0 saturated carbocycles. The van der Waals surface area contributed by atoms with E-state index < -0.39 is 0 Å². The molecule has 1 heterocycles. The average Bonchev–Trinajstić information content (AvgIpc) is 2.89. The summed E-state index contributed by atoms with van der Waals surface area (Å²) in [6, 6.07) is 10.0. The van der Waals surface area contributed by atoms with Gasteiger partial charge in [0, 0.05) is 30.4 Å². The second-order valence-electron chi connectivity index (χ2n) is 6.31. The molecule has 4 heteroatoms. The van der Waals surface area contributed by atoms with Crippen LogP contribution in [0.1, 0.15) is 43.1 Å². The SMILES string of the molecule is COC(c1ccccc1)C(N)Cc1nc(C(C)(C)C)cs1. The number of nitrogens with zero attached hydrogens (tertiary/aromatic N) is 1. The van der Waals surface area contributed by atoms with Gasteiger partial charge in [-0.1, -0.05) is 51.1 Å². The Morgan fingerprint density at radius 1 is 1.24 bits per heavy atom. The summed E-state index contributed by atoms with van der Waals surface area (Å²) >= 11 is 1.68. The Bertz CT molecular complexity index is 560. The molecule has 2 aromatic rings. The third kappa shape index (κ3) is 4.13. The van der Waals surface area contributed by atoms with Crippen molar-refractivity contribution in [1.82, 2.24) is 4.98 Å². The number of methoxy groups -OCH3 is 1. The first-order valence-corrected chi connectivity index (χ1v) is 8.08. The lowest BCUT2D eigenvalue weighted by molar-refractivity contribution is 0.0802. The minimum Gasteiger partial charge on any atom is -0.375 e. The molecule has 114 valence electrons. The van der Waals surface area contributed by atoms with Gasteiger partial charge in [-0.25, -0.2) is 4.98 Å². The molecule has 0 aliphatic carbocycles. The first-order valence-electron chi connectivity index (χ1n) is 7.20. The fraction of sp³-hybridized carbons (Fsp3) is 0.471. The van der Waals surface area contributed by atoms with E-state index in [9.17, 15) is 0 Å². The van der Waals surface area contributed by atoms with Crippen molar-refractivity contribution in [3.05, 3.63) is 52.0 Å². The Kier molecular flexibility index (Phi) is 5.14. The van der Waals surface area contributed by atoms with Gasteiger partial charge in [-0.05, 0) is 5.56 Å². The number of thiazole rings is 1. The summed E-state index contributed by atoms with van der Waals surface area (Å²) in [5.41, 5.74) is 8.67. The third-order valence-corrected chi connectivity index (χ3v) is 4.37. The molecule has 2 unspecified atom stereocenters. The standard InChI is InChI=1S/C17H24N2OS/c1-17(2,3)14-11-21-15(19-14)10-13(18)16(20-4)12-8-6-5-7-9-12/h5-9,11,13,16H,10,18H2,1-4H3. The monoisotopic (exact) mass is 304 g/mol. The van der Waals surface area contributed by atoms with Crippen molar-refractivity contribution < 1.29 is 4.74 Å². The lowest BCUT2D eigenvalue weighted by atomic mass is 9.93. The molecule has 0 saturated heterocycles. The highest BCUT2D eigenvalue weighted by atomic mass is 32.1. The Balaban J connectivity index is 2.09. The van der Waals surface area contributed by atoms with Crippen LogP contribution in [0.2, 0.25) is 0 Å². The van der Waals surface area contributed by atoms with Crippen molar-refractivity contribution in [1.29, 1.82) is 0 Å². The van der Waals surface area contributed by atoms with Gasteiger partial charge in [0.05, 0.1) is 16.8 Å². The quantitative estimate of drug-likeness (QED) is 0.916. The van der Waals surface area contributed by atoms with E-state index in [0.717, 1.165) is 22.7 Å². The van der Waals surface area contributed by atoms with Crippen molar-refractivity contribution in [2.24, 2.45) is 5.73 Å². The third-order valence-electron chi connectivity index (χ3n) is 3.50. The highest BCUT2D eigenvalue weighted by Crippen LogP contribution is 2.26. The maximum Gasteiger partial charge on any atom is 0.0976 e. The van der Waals surface area contributed by atoms with E-state index in [1.807, 2.05) is 18.2 Å². The van der Waals surface area contributed by atoms with Crippen LogP contribution < -0.4 is 5.73 Å². The molecule has 2 N–H and O–H groups in total. The summed E-state index contributed by atoms with van der Waals surface area (Å²) in [6.45, 7) is 6.52. The van der Waals surface area contributed by atoms with Crippen molar-refractivity contribution in [2.75, 3.05) is 7.11 Å².